The Morgan fingerprint density at radius 3 is 2.23 bits per heavy atom. The summed E-state index contributed by atoms with van der Waals surface area (Å²) in [6, 6.07) is -2.65. The molecule has 9 nitrogen and oxygen atoms in total. The lowest BCUT2D eigenvalue weighted by Gasteiger charge is -2.21. The molecule has 0 rings (SSSR count). The van der Waals surface area contributed by atoms with Gasteiger partial charge in [0.15, 0.2) is 0 Å². The first-order chi connectivity index (χ1) is 12.1. The molecule has 0 radical (unpaired) electrons. The highest BCUT2D eigenvalue weighted by molar-refractivity contribution is 7.98. The van der Waals surface area contributed by atoms with Crippen LogP contribution in [0.2, 0.25) is 0 Å². The van der Waals surface area contributed by atoms with E-state index in [2.05, 4.69) is 16.0 Å². The second-order valence-electron chi connectivity index (χ2n) is 6.10. The number of nitrogens with one attached hydrogen (secondary N) is 3. The Balaban J connectivity index is 4.65. The van der Waals surface area contributed by atoms with Crippen LogP contribution < -0.4 is 21.7 Å². The Bertz CT molecular complexity index is 503. The maximum atomic E-state index is 12.2. The third-order valence-electron chi connectivity index (χ3n) is 3.97. The highest BCUT2D eigenvalue weighted by atomic mass is 32.2. The van der Waals surface area contributed by atoms with Gasteiger partial charge < -0.3 is 26.8 Å². The summed E-state index contributed by atoms with van der Waals surface area (Å²) in [5.41, 5.74) is 5.79. The molecular weight excluding hydrogens is 360 g/mol. The molecule has 0 heterocycles. The van der Waals surface area contributed by atoms with E-state index < -0.39 is 41.8 Å². The maximum absolute atomic E-state index is 12.2. The molecule has 0 aliphatic rings. The molecule has 0 saturated heterocycles. The molecule has 4 atom stereocenters. The first-order valence-electron chi connectivity index (χ1n) is 8.48. The van der Waals surface area contributed by atoms with Crippen molar-refractivity contribution >= 4 is 35.5 Å². The summed E-state index contributed by atoms with van der Waals surface area (Å²) < 4.78 is 0. The SMILES string of the molecule is CCC(C)C(N)C(=O)NCC(=O)NC(CCSC)C(=O)NC(C)C(=O)O. The summed E-state index contributed by atoms with van der Waals surface area (Å²) in [6.45, 7) is 4.79. The number of aliphatic carboxylic acids is 1. The summed E-state index contributed by atoms with van der Waals surface area (Å²) in [5, 5.41) is 16.2. The zero-order valence-corrected chi connectivity index (χ0v) is 16.5. The highest BCUT2D eigenvalue weighted by Crippen LogP contribution is 2.05. The van der Waals surface area contributed by atoms with Gasteiger partial charge in [0.05, 0.1) is 12.6 Å². The fraction of sp³-hybridized carbons (Fsp3) is 0.750. The molecule has 4 unspecified atom stereocenters. The first-order valence-corrected chi connectivity index (χ1v) is 9.88. The van der Waals surface area contributed by atoms with Gasteiger partial charge in [-0.05, 0) is 31.3 Å². The van der Waals surface area contributed by atoms with E-state index in [0.717, 1.165) is 6.42 Å². The molecule has 0 fully saturated rings. The Labute approximate surface area is 158 Å². The van der Waals surface area contributed by atoms with Gasteiger partial charge in [0.1, 0.15) is 12.1 Å². The van der Waals surface area contributed by atoms with E-state index in [9.17, 15) is 19.2 Å². The number of carbonyl (C=O) groups is 4. The van der Waals surface area contributed by atoms with E-state index >= 15 is 0 Å². The molecular formula is C16H30N4O5S. The van der Waals surface area contributed by atoms with Gasteiger partial charge >= 0.3 is 5.97 Å². The lowest BCUT2D eigenvalue weighted by molar-refractivity contribution is -0.141. The van der Waals surface area contributed by atoms with Crippen molar-refractivity contribution in [2.75, 3.05) is 18.6 Å². The highest BCUT2D eigenvalue weighted by Gasteiger charge is 2.25. The van der Waals surface area contributed by atoms with Crippen molar-refractivity contribution in [3.05, 3.63) is 0 Å². The Morgan fingerprint density at radius 1 is 1.12 bits per heavy atom. The van der Waals surface area contributed by atoms with Crippen molar-refractivity contribution in [3.8, 4) is 0 Å². The number of carbonyl (C=O) groups excluding carboxylic acids is 3. The summed E-state index contributed by atoms with van der Waals surface area (Å²) in [6.07, 6.45) is 2.93. The zero-order valence-electron chi connectivity index (χ0n) is 15.7. The number of hydrogen-bond acceptors (Lipinski definition) is 6. The lowest BCUT2D eigenvalue weighted by Crippen LogP contribution is -2.53. The van der Waals surface area contributed by atoms with Gasteiger partial charge in [0, 0.05) is 0 Å². The number of rotatable bonds is 12. The van der Waals surface area contributed by atoms with Gasteiger partial charge in [-0.15, -0.1) is 0 Å². The molecule has 0 saturated carbocycles. The second kappa shape index (κ2) is 12.5. The van der Waals surface area contributed by atoms with E-state index in [0.29, 0.717) is 12.2 Å². The van der Waals surface area contributed by atoms with Gasteiger partial charge in [-0.3, -0.25) is 19.2 Å². The van der Waals surface area contributed by atoms with Crippen LogP contribution >= 0.6 is 11.8 Å². The summed E-state index contributed by atoms with van der Waals surface area (Å²) in [4.78, 5) is 47.0. The fourth-order valence-electron chi connectivity index (χ4n) is 1.92. The second-order valence-corrected chi connectivity index (χ2v) is 7.08. The number of carboxylic acid groups (broad SMARTS) is 1. The third kappa shape index (κ3) is 9.04. The van der Waals surface area contributed by atoms with Crippen LogP contribution in [-0.4, -0.2) is 65.5 Å². The van der Waals surface area contributed by atoms with Crippen LogP contribution in [0.3, 0.4) is 0 Å². The molecule has 0 aliphatic heterocycles. The van der Waals surface area contributed by atoms with Crippen LogP contribution in [0.5, 0.6) is 0 Å². The predicted octanol–water partition coefficient (Wildman–Crippen LogP) is -0.697. The molecule has 0 spiro atoms. The normalized spacial score (nSPS) is 15.3. The Kier molecular flexibility index (Phi) is 11.7. The van der Waals surface area contributed by atoms with Crippen molar-refractivity contribution < 1.29 is 24.3 Å². The largest absolute Gasteiger partial charge is 0.480 e. The number of carboxylic acids is 1. The number of nitrogens with two attached hydrogens (primary N) is 1. The van der Waals surface area contributed by atoms with Crippen molar-refractivity contribution in [2.24, 2.45) is 11.7 Å². The minimum atomic E-state index is -1.17. The van der Waals surface area contributed by atoms with Crippen LogP contribution in [0.15, 0.2) is 0 Å². The summed E-state index contributed by atoms with van der Waals surface area (Å²) >= 11 is 1.49. The van der Waals surface area contributed by atoms with Gasteiger partial charge in [-0.25, -0.2) is 0 Å². The minimum Gasteiger partial charge on any atom is -0.480 e. The van der Waals surface area contributed by atoms with Gasteiger partial charge in [0.25, 0.3) is 0 Å². The zero-order chi connectivity index (χ0) is 20.3. The molecule has 0 bridgehead atoms. The monoisotopic (exact) mass is 390 g/mol. The first kappa shape index (κ1) is 24.2. The average molecular weight is 391 g/mol. The van der Waals surface area contributed by atoms with E-state index in [4.69, 9.17) is 10.8 Å². The number of amides is 3. The Morgan fingerprint density at radius 2 is 1.73 bits per heavy atom. The molecule has 3 amide bonds. The number of thioether (sulfide) groups is 1. The van der Waals surface area contributed by atoms with Crippen LogP contribution in [0.1, 0.15) is 33.6 Å². The molecule has 6 N–H and O–H groups in total. The summed E-state index contributed by atoms with van der Waals surface area (Å²) in [5.74, 6) is -2.14. The van der Waals surface area contributed by atoms with Gasteiger partial charge in [-0.2, -0.15) is 11.8 Å². The topological polar surface area (TPSA) is 151 Å². The molecule has 0 aliphatic carbocycles. The van der Waals surface area contributed by atoms with Crippen molar-refractivity contribution in [3.63, 3.8) is 0 Å². The standard InChI is InChI=1S/C16H30N4O5S/c1-5-9(2)13(17)15(23)18-8-12(21)20-11(6-7-26-4)14(22)19-10(3)16(24)25/h9-11,13H,5-8,17H2,1-4H3,(H,18,23)(H,19,22)(H,20,21)(H,24,25). The smallest absolute Gasteiger partial charge is 0.325 e. The Hall–Kier alpha value is -1.81. The van der Waals surface area contributed by atoms with Crippen LogP contribution in [-0.2, 0) is 19.2 Å². The maximum Gasteiger partial charge on any atom is 0.325 e. The van der Waals surface area contributed by atoms with E-state index in [1.165, 1.54) is 18.7 Å². The molecule has 0 aromatic carbocycles. The lowest BCUT2D eigenvalue weighted by atomic mass is 9.99. The quantitative estimate of drug-likeness (QED) is 0.296. The molecule has 10 heteroatoms. The van der Waals surface area contributed by atoms with Crippen molar-refractivity contribution in [1.82, 2.24) is 16.0 Å². The van der Waals surface area contributed by atoms with Crippen LogP contribution in [0, 0.1) is 5.92 Å². The fourth-order valence-corrected chi connectivity index (χ4v) is 2.39. The molecule has 26 heavy (non-hydrogen) atoms. The molecule has 150 valence electrons. The van der Waals surface area contributed by atoms with E-state index in [1.807, 2.05) is 20.1 Å². The van der Waals surface area contributed by atoms with Gasteiger partial charge in [0.2, 0.25) is 17.7 Å². The summed E-state index contributed by atoms with van der Waals surface area (Å²) in [7, 11) is 0. The molecule has 0 aromatic heterocycles. The van der Waals surface area contributed by atoms with Gasteiger partial charge in [-0.1, -0.05) is 20.3 Å². The average Bonchev–Trinajstić information content (AvgIpc) is 2.61. The van der Waals surface area contributed by atoms with Crippen molar-refractivity contribution in [2.45, 2.75) is 51.7 Å². The predicted molar refractivity (Wildman–Crippen MR) is 101 cm³/mol. The van der Waals surface area contributed by atoms with Crippen LogP contribution in [0.25, 0.3) is 0 Å². The minimum absolute atomic E-state index is 0.0179. The third-order valence-corrected chi connectivity index (χ3v) is 4.62. The van der Waals surface area contributed by atoms with Crippen LogP contribution in [0.4, 0.5) is 0 Å². The number of hydrogen-bond donors (Lipinski definition) is 5. The van der Waals surface area contributed by atoms with Crippen molar-refractivity contribution in [1.29, 1.82) is 0 Å². The van der Waals surface area contributed by atoms with E-state index in [-0.39, 0.29) is 12.5 Å². The van der Waals surface area contributed by atoms with E-state index in [1.54, 1.807) is 0 Å². The molecule has 0 aromatic rings.